The van der Waals surface area contributed by atoms with Crippen LogP contribution in [0.2, 0.25) is 0 Å². The van der Waals surface area contributed by atoms with Crippen molar-refractivity contribution in [1.29, 1.82) is 0 Å². The maximum absolute atomic E-state index is 12.1. The quantitative estimate of drug-likeness (QED) is 0.750. The van der Waals surface area contributed by atoms with Crippen LogP contribution in [0.1, 0.15) is 33.6 Å². The third-order valence-electron chi connectivity index (χ3n) is 2.89. The van der Waals surface area contributed by atoms with Gasteiger partial charge in [0.25, 0.3) is 0 Å². The Labute approximate surface area is 113 Å². The molecular weight excluding hydrogens is 246 g/mol. The van der Waals surface area contributed by atoms with E-state index in [0.717, 1.165) is 0 Å². The van der Waals surface area contributed by atoms with Crippen LogP contribution in [0.3, 0.4) is 0 Å². The van der Waals surface area contributed by atoms with Crippen molar-refractivity contribution >= 4 is 17.7 Å². The lowest BCUT2D eigenvalue weighted by atomic mass is 9.98. The number of carbonyl (C=O) groups excluding carboxylic acids is 3. The Morgan fingerprint density at radius 1 is 1.42 bits per heavy atom. The predicted molar refractivity (Wildman–Crippen MR) is 71.3 cm³/mol. The van der Waals surface area contributed by atoms with E-state index in [0.29, 0.717) is 19.4 Å². The molecule has 1 atom stereocenters. The first kappa shape index (κ1) is 15.5. The van der Waals surface area contributed by atoms with E-state index in [1.54, 1.807) is 7.05 Å². The highest BCUT2D eigenvalue weighted by Gasteiger charge is 2.28. The summed E-state index contributed by atoms with van der Waals surface area (Å²) in [6, 6.07) is 0. The Bertz CT molecular complexity index is 364. The summed E-state index contributed by atoms with van der Waals surface area (Å²) < 4.78 is 0. The monoisotopic (exact) mass is 269 g/mol. The molecule has 19 heavy (non-hydrogen) atoms. The maximum Gasteiger partial charge on any atom is 0.240 e. The Hall–Kier alpha value is -1.59. The van der Waals surface area contributed by atoms with E-state index < -0.39 is 0 Å². The summed E-state index contributed by atoms with van der Waals surface area (Å²) in [7, 11) is 1.61. The number of piperidine rings is 1. The molecule has 0 aromatic carbocycles. The summed E-state index contributed by atoms with van der Waals surface area (Å²) in [5.74, 6) is -0.505. The summed E-state index contributed by atoms with van der Waals surface area (Å²) in [6.07, 6.45) is 0.925. The fraction of sp³-hybridized carbons (Fsp3) is 0.769. The van der Waals surface area contributed by atoms with Gasteiger partial charge in [-0.25, -0.2) is 0 Å². The third kappa shape index (κ3) is 5.28. The van der Waals surface area contributed by atoms with E-state index in [9.17, 15) is 14.4 Å². The van der Waals surface area contributed by atoms with Crippen LogP contribution in [0.25, 0.3) is 0 Å². The van der Waals surface area contributed by atoms with E-state index in [1.807, 2.05) is 20.8 Å². The fourth-order valence-electron chi connectivity index (χ4n) is 2.01. The van der Waals surface area contributed by atoms with Crippen LogP contribution in [0.5, 0.6) is 0 Å². The van der Waals surface area contributed by atoms with Gasteiger partial charge in [-0.15, -0.1) is 0 Å². The van der Waals surface area contributed by atoms with Crippen molar-refractivity contribution in [2.45, 2.75) is 39.2 Å². The molecule has 0 aromatic rings. The molecule has 0 aliphatic carbocycles. The molecule has 6 nitrogen and oxygen atoms in total. The van der Waals surface area contributed by atoms with E-state index in [4.69, 9.17) is 0 Å². The zero-order chi connectivity index (χ0) is 14.6. The van der Waals surface area contributed by atoms with Crippen molar-refractivity contribution in [3.8, 4) is 0 Å². The van der Waals surface area contributed by atoms with Crippen LogP contribution in [0.15, 0.2) is 0 Å². The minimum Gasteiger partial charge on any atom is -0.355 e. The highest BCUT2D eigenvalue weighted by molar-refractivity contribution is 5.87. The minimum atomic E-state index is -0.306. The molecule has 1 aliphatic heterocycles. The van der Waals surface area contributed by atoms with Crippen LogP contribution in [-0.4, -0.2) is 48.3 Å². The van der Waals surface area contributed by atoms with Gasteiger partial charge in [-0.3, -0.25) is 14.4 Å². The lowest BCUT2D eigenvalue weighted by Crippen LogP contribution is -2.49. The van der Waals surface area contributed by atoms with Gasteiger partial charge in [0.15, 0.2) is 0 Å². The third-order valence-corrected chi connectivity index (χ3v) is 2.89. The lowest BCUT2D eigenvalue weighted by molar-refractivity contribution is -0.140. The number of nitrogens with zero attached hydrogens (tertiary/aromatic N) is 1. The summed E-state index contributed by atoms with van der Waals surface area (Å²) in [5, 5.41) is 5.48. The molecule has 0 radical (unpaired) electrons. The van der Waals surface area contributed by atoms with Gasteiger partial charge in [-0.1, -0.05) is 0 Å². The van der Waals surface area contributed by atoms with Gasteiger partial charge in [0, 0.05) is 25.6 Å². The first-order valence-corrected chi connectivity index (χ1v) is 6.52. The molecule has 0 bridgehead atoms. The second kappa shape index (κ2) is 6.04. The molecule has 1 saturated heterocycles. The number of rotatable bonds is 3. The molecule has 0 aromatic heterocycles. The molecule has 1 aliphatic rings. The Morgan fingerprint density at radius 3 is 2.53 bits per heavy atom. The smallest absolute Gasteiger partial charge is 0.240 e. The van der Waals surface area contributed by atoms with Gasteiger partial charge in [-0.2, -0.15) is 0 Å². The van der Waals surface area contributed by atoms with Crippen molar-refractivity contribution in [3.05, 3.63) is 0 Å². The van der Waals surface area contributed by atoms with E-state index in [1.165, 1.54) is 4.90 Å². The molecular formula is C13H23N3O3. The highest BCUT2D eigenvalue weighted by Crippen LogP contribution is 2.13. The van der Waals surface area contributed by atoms with Crippen LogP contribution in [0.4, 0.5) is 0 Å². The van der Waals surface area contributed by atoms with Gasteiger partial charge in [0.05, 0.1) is 12.5 Å². The van der Waals surface area contributed by atoms with Crippen molar-refractivity contribution in [2.75, 3.05) is 20.1 Å². The van der Waals surface area contributed by atoms with Crippen molar-refractivity contribution in [3.63, 3.8) is 0 Å². The van der Waals surface area contributed by atoms with Gasteiger partial charge < -0.3 is 15.5 Å². The Kier molecular flexibility index (Phi) is 4.91. The van der Waals surface area contributed by atoms with E-state index in [-0.39, 0.29) is 35.7 Å². The molecule has 0 saturated carbocycles. The van der Waals surface area contributed by atoms with Crippen LogP contribution < -0.4 is 10.6 Å². The number of hydrogen-bond donors (Lipinski definition) is 2. The standard InChI is InChI=1S/C13H23N3O3/c1-13(2,3)15-11(18)8-16(4)12(19)9-5-6-10(17)14-7-9/h9H,5-8H2,1-4H3,(H,14,17)(H,15,18). The van der Waals surface area contributed by atoms with Crippen molar-refractivity contribution in [2.24, 2.45) is 5.92 Å². The molecule has 6 heteroatoms. The first-order chi connectivity index (χ1) is 8.69. The molecule has 1 fully saturated rings. The van der Waals surface area contributed by atoms with Gasteiger partial charge in [0.1, 0.15) is 0 Å². The summed E-state index contributed by atoms with van der Waals surface area (Å²) in [6.45, 7) is 6.08. The normalized spacial score (nSPS) is 19.6. The summed E-state index contributed by atoms with van der Waals surface area (Å²) >= 11 is 0. The number of carbonyl (C=O) groups is 3. The van der Waals surface area contributed by atoms with Crippen LogP contribution in [0, 0.1) is 5.92 Å². The predicted octanol–water partition coefficient (Wildman–Crippen LogP) is -0.114. The molecule has 1 heterocycles. The van der Waals surface area contributed by atoms with Crippen LogP contribution in [-0.2, 0) is 14.4 Å². The number of amides is 3. The number of likely N-dealkylation sites (N-methyl/N-ethyl adjacent to an activating group) is 1. The van der Waals surface area contributed by atoms with Gasteiger partial charge in [-0.05, 0) is 27.2 Å². The second-order valence-corrected chi connectivity index (χ2v) is 6.03. The molecule has 0 spiro atoms. The van der Waals surface area contributed by atoms with E-state index >= 15 is 0 Å². The number of nitrogens with one attached hydrogen (secondary N) is 2. The average Bonchev–Trinajstić information content (AvgIpc) is 2.26. The first-order valence-electron chi connectivity index (χ1n) is 6.52. The second-order valence-electron chi connectivity index (χ2n) is 6.03. The molecule has 108 valence electrons. The zero-order valence-corrected chi connectivity index (χ0v) is 12.1. The SMILES string of the molecule is CN(CC(=O)NC(C)(C)C)C(=O)C1CCC(=O)NC1. The number of hydrogen-bond acceptors (Lipinski definition) is 3. The van der Waals surface area contributed by atoms with E-state index in [2.05, 4.69) is 10.6 Å². The van der Waals surface area contributed by atoms with Gasteiger partial charge in [0.2, 0.25) is 17.7 Å². The average molecular weight is 269 g/mol. The molecule has 2 N–H and O–H groups in total. The highest BCUT2D eigenvalue weighted by atomic mass is 16.2. The summed E-state index contributed by atoms with van der Waals surface area (Å²) in [4.78, 5) is 36.3. The molecule has 1 rings (SSSR count). The Morgan fingerprint density at radius 2 is 2.05 bits per heavy atom. The van der Waals surface area contributed by atoms with Crippen molar-refractivity contribution in [1.82, 2.24) is 15.5 Å². The molecule has 1 unspecified atom stereocenters. The zero-order valence-electron chi connectivity index (χ0n) is 12.1. The fourth-order valence-corrected chi connectivity index (χ4v) is 2.01. The lowest BCUT2D eigenvalue weighted by Gasteiger charge is -2.27. The topological polar surface area (TPSA) is 78.5 Å². The van der Waals surface area contributed by atoms with Gasteiger partial charge >= 0.3 is 0 Å². The maximum atomic E-state index is 12.1. The summed E-state index contributed by atoms with van der Waals surface area (Å²) in [5.41, 5.74) is -0.306. The molecule has 3 amide bonds. The Balaban J connectivity index is 2.44. The largest absolute Gasteiger partial charge is 0.355 e. The van der Waals surface area contributed by atoms with Crippen molar-refractivity contribution < 1.29 is 14.4 Å². The van der Waals surface area contributed by atoms with Crippen LogP contribution >= 0.6 is 0 Å². The minimum absolute atomic E-state index is 0.0165.